The predicted molar refractivity (Wildman–Crippen MR) is 113 cm³/mol. The summed E-state index contributed by atoms with van der Waals surface area (Å²) in [5, 5.41) is 4.00. The van der Waals surface area contributed by atoms with Crippen LogP contribution >= 0.6 is 11.6 Å². The number of piperidine rings is 1. The van der Waals surface area contributed by atoms with Crippen LogP contribution in [0.4, 0.5) is 15.8 Å². The molecular weight excluding hydrogens is 391 g/mol. The maximum Gasteiger partial charge on any atom is 0.257 e. The Morgan fingerprint density at radius 3 is 2.90 bits per heavy atom. The minimum Gasteiger partial charge on any atom is -0.354 e. The molecule has 150 valence electrons. The van der Waals surface area contributed by atoms with Gasteiger partial charge in [0.05, 0.1) is 16.3 Å². The molecule has 0 unspecified atom stereocenters. The highest BCUT2D eigenvalue weighted by molar-refractivity contribution is 6.31. The smallest absolute Gasteiger partial charge is 0.257 e. The number of fused-ring (bicyclic) bond motifs is 1. The number of carbonyl (C=O) groups excluding carboxylic acids is 1. The number of likely N-dealkylation sites (tertiary alicyclic amines) is 1. The van der Waals surface area contributed by atoms with Crippen molar-refractivity contribution in [3.8, 4) is 0 Å². The van der Waals surface area contributed by atoms with Crippen LogP contribution in [0.2, 0.25) is 5.02 Å². The molecule has 29 heavy (non-hydrogen) atoms. The van der Waals surface area contributed by atoms with Gasteiger partial charge in [-0.25, -0.2) is 14.4 Å². The SMILES string of the molecule is Cc1ccc2c(Nc3ccc(F)c(Cl)c3)c(C(=O)N3CCC[C@H](C)C3)cnc2n1. The summed E-state index contributed by atoms with van der Waals surface area (Å²) in [7, 11) is 0. The molecule has 1 amide bonds. The Hall–Kier alpha value is -2.73. The maximum atomic E-state index is 13.6. The van der Waals surface area contributed by atoms with Gasteiger partial charge in [0.2, 0.25) is 0 Å². The number of pyridine rings is 2. The van der Waals surface area contributed by atoms with E-state index >= 15 is 0 Å². The maximum absolute atomic E-state index is 13.6. The molecule has 0 aliphatic carbocycles. The van der Waals surface area contributed by atoms with Crippen molar-refractivity contribution in [1.29, 1.82) is 0 Å². The van der Waals surface area contributed by atoms with E-state index in [1.807, 2.05) is 24.0 Å². The first-order valence-corrected chi connectivity index (χ1v) is 10.1. The average Bonchev–Trinajstić information content (AvgIpc) is 2.70. The van der Waals surface area contributed by atoms with Gasteiger partial charge in [0.15, 0.2) is 5.65 Å². The molecule has 0 saturated carbocycles. The van der Waals surface area contributed by atoms with Crippen molar-refractivity contribution in [3.05, 3.63) is 58.6 Å². The minimum atomic E-state index is -0.493. The lowest BCUT2D eigenvalue weighted by molar-refractivity contribution is 0.0684. The molecule has 1 aliphatic heterocycles. The zero-order chi connectivity index (χ0) is 20.5. The number of aromatic nitrogens is 2. The van der Waals surface area contributed by atoms with E-state index in [2.05, 4.69) is 22.2 Å². The monoisotopic (exact) mass is 412 g/mol. The van der Waals surface area contributed by atoms with Gasteiger partial charge in [0, 0.05) is 36.1 Å². The largest absolute Gasteiger partial charge is 0.354 e. The first-order valence-electron chi connectivity index (χ1n) is 9.70. The molecule has 1 N–H and O–H groups in total. The predicted octanol–water partition coefficient (Wildman–Crippen LogP) is 5.35. The van der Waals surface area contributed by atoms with Crippen LogP contribution < -0.4 is 5.32 Å². The number of hydrogen-bond donors (Lipinski definition) is 1. The fourth-order valence-corrected chi connectivity index (χ4v) is 3.91. The van der Waals surface area contributed by atoms with E-state index in [9.17, 15) is 9.18 Å². The van der Waals surface area contributed by atoms with Crippen molar-refractivity contribution in [1.82, 2.24) is 14.9 Å². The summed E-state index contributed by atoms with van der Waals surface area (Å²) in [6.07, 6.45) is 3.69. The van der Waals surface area contributed by atoms with Crippen LogP contribution in [0.15, 0.2) is 36.5 Å². The Kier molecular flexibility index (Phi) is 5.37. The van der Waals surface area contributed by atoms with Crippen LogP contribution in [-0.4, -0.2) is 33.9 Å². The Labute approximate surface area is 173 Å². The normalized spacial score (nSPS) is 16.8. The second kappa shape index (κ2) is 7.95. The summed E-state index contributed by atoms with van der Waals surface area (Å²) in [6.45, 7) is 5.51. The average molecular weight is 413 g/mol. The Balaban J connectivity index is 1.80. The lowest BCUT2D eigenvalue weighted by Gasteiger charge is -2.31. The lowest BCUT2D eigenvalue weighted by atomic mass is 9.99. The van der Waals surface area contributed by atoms with E-state index in [-0.39, 0.29) is 10.9 Å². The fraction of sp³-hybridized carbons (Fsp3) is 0.318. The number of amides is 1. The summed E-state index contributed by atoms with van der Waals surface area (Å²) < 4.78 is 13.6. The highest BCUT2D eigenvalue weighted by Gasteiger charge is 2.25. The van der Waals surface area contributed by atoms with Crippen LogP contribution in [0.5, 0.6) is 0 Å². The Morgan fingerprint density at radius 2 is 2.14 bits per heavy atom. The second-order valence-corrected chi connectivity index (χ2v) is 8.03. The van der Waals surface area contributed by atoms with Crippen LogP contribution in [0.1, 0.15) is 35.8 Å². The molecule has 0 radical (unpaired) electrons. The first kappa shape index (κ1) is 19.6. The van der Waals surface area contributed by atoms with E-state index in [1.165, 1.54) is 12.1 Å². The molecule has 2 aromatic heterocycles. The summed E-state index contributed by atoms with van der Waals surface area (Å²) >= 11 is 5.94. The van der Waals surface area contributed by atoms with Gasteiger partial charge in [-0.05, 0) is 56.0 Å². The Bertz CT molecular complexity index is 1090. The van der Waals surface area contributed by atoms with E-state index < -0.39 is 5.82 Å². The molecule has 7 heteroatoms. The van der Waals surface area contributed by atoms with E-state index in [1.54, 1.807) is 12.3 Å². The molecule has 3 aromatic rings. The number of halogens is 2. The van der Waals surface area contributed by atoms with Crippen LogP contribution in [0.3, 0.4) is 0 Å². The highest BCUT2D eigenvalue weighted by Crippen LogP contribution is 2.31. The lowest BCUT2D eigenvalue weighted by Crippen LogP contribution is -2.39. The van der Waals surface area contributed by atoms with Crippen LogP contribution in [-0.2, 0) is 0 Å². The van der Waals surface area contributed by atoms with Crippen molar-refractivity contribution < 1.29 is 9.18 Å². The van der Waals surface area contributed by atoms with Gasteiger partial charge >= 0.3 is 0 Å². The topological polar surface area (TPSA) is 58.1 Å². The van der Waals surface area contributed by atoms with Crippen LogP contribution in [0.25, 0.3) is 11.0 Å². The molecule has 1 atom stereocenters. The van der Waals surface area contributed by atoms with Crippen molar-refractivity contribution in [2.24, 2.45) is 5.92 Å². The number of nitrogens with zero attached hydrogens (tertiary/aromatic N) is 3. The van der Waals surface area contributed by atoms with Gasteiger partial charge in [0.1, 0.15) is 5.82 Å². The number of hydrogen-bond acceptors (Lipinski definition) is 4. The molecule has 0 spiro atoms. The molecule has 0 bridgehead atoms. The van der Waals surface area contributed by atoms with Crippen molar-refractivity contribution >= 4 is 39.9 Å². The number of carbonyl (C=O) groups is 1. The molecule has 3 heterocycles. The van der Waals surface area contributed by atoms with E-state index in [0.29, 0.717) is 28.5 Å². The number of nitrogens with one attached hydrogen (secondary N) is 1. The van der Waals surface area contributed by atoms with Gasteiger partial charge in [-0.15, -0.1) is 0 Å². The third-order valence-electron chi connectivity index (χ3n) is 5.23. The number of rotatable bonds is 3. The second-order valence-electron chi connectivity index (χ2n) is 7.62. The minimum absolute atomic E-state index is 0.0139. The summed E-state index contributed by atoms with van der Waals surface area (Å²) in [6, 6.07) is 8.16. The Morgan fingerprint density at radius 1 is 1.31 bits per heavy atom. The molecule has 4 rings (SSSR count). The van der Waals surface area contributed by atoms with Gasteiger partial charge in [-0.1, -0.05) is 18.5 Å². The summed E-state index contributed by atoms with van der Waals surface area (Å²) in [5.41, 5.74) is 3.05. The van der Waals surface area contributed by atoms with Crippen molar-refractivity contribution in [2.75, 3.05) is 18.4 Å². The molecule has 5 nitrogen and oxygen atoms in total. The molecule has 1 aliphatic rings. The number of anilines is 2. The van der Waals surface area contributed by atoms with Gasteiger partial charge < -0.3 is 10.2 Å². The summed E-state index contributed by atoms with van der Waals surface area (Å²) in [5.74, 6) is -0.0901. The molecule has 1 fully saturated rings. The van der Waals surface area contributed by atoms with Crippen molar-refractivity contribution in [2.45, 2.75) is 26.7 Å². The van der Waals surface area contributed by atoms with E-state index in [0.717, 1.165) is 37.0 Å². The zero-order valence-corrected chi connectivity index (χ0v) is 17.1. The number of benzene rings is 1. The standard InChI is InChI=1S/C22H22ClFN4O/c1-13-4-3-9-28(12-13)22(29)17-11-25-21-16(7-5-14(2)26-21)20(17)27-15-6-8-19(24)18(23)10-15/h5-8,10-11,13H,3-4,9,12H2,1-2H3,(H,25,26,27)/t13-/m0/s1. The highest BCUT2D eigenvalue weighted by atomic mass is 35.5. The van der Waals surface area contributed by atoms with Crippen molar-refractivity contribution in [3.63, 3.8) is 0 Å². The zero-order valence-electron chi connectivity index (χ0n) is 16.4. The first-order chi connectivity index (χ1) is 13.9. The van der Waals surface area contributed by atoms with Gasteiger partial charge in [-0.2, -0.15) is 0 Å². The molecular formula is C22H22ClFN4O. The number of aryl methyl sites for hydroxylation is 1. The third kappa shape index (κ3) is 4.03. The fourth-order valence-electron chi connectivity index (χ4n) is 3.73. The third-order valence-corrected chi connectivity index (χ3v) is 5.52. The van der Waals surface area contributed by atoms with Crippen LogP contribution in [0, 0.1) is 18.7 Å². The molecule has 1 saturated heterocycles. The summed E-state index contributed by atoms with van der Waals surface area (Å²) in [4.78, 5) is 24.1. The van der Waals surface area contributed by atoms with Gasteiger partial charge in [-0.3, -0.25) is 4.79 Å². The molecule has 1 aromatic carbocycles. The van der Waals surface area contributed by atoms with E-state index in [4.69, 9.17) is 11.6 Å². The quantitative estimate of drug-likeness (QED) is 0.630. The van der Waals surface area contributed by atoms with Gasteiger partial charge in [0.25, 0.3) is 5.91 Å².